The normalized spacial score (nSPS) is 25.8. The molecule has 1 aromatic carbocycles. The van der Waals surface area contributed by atoms with E-state index in [9.17, 15) is 27.9 Å². The smallest absolute Gasteiger partial charge is 0.326 e. The molecule has 38 heavy (non-hydrogen) atoms. The maximum absolute atomic E-state index is 13.4. The van der Waals surface area contributed by atoms with E-state index in [2.05, 4.69) is 5.32 Å². The summed E-state index contributed by atoms with van der Waals surface area (Å²) in [5.41, 5.74) is 0.733. The SMILES string of the molecule is CCCC[C@H](NC(=O)[C@H](Cc1ccccc1)CS(=O)(=O)C[C@H]1O[C@@H]2OC(C)(C)O[C@@H]2[C@@H]1OC(C)=O)C(=O)O. The van der Waals surface area contributed by atoms with E-state index in [1.807, 2.05) is 6.92 Å². The molecule has 12 heteroatoms. The van der Waals surface area contributed by atoms with Gasteiger partial charge in [-0.05, 0) is 32.3 Å². The summed E-state index contributed by atoms with van der Waals surface area (Å²) in [5.74, 6) is -5.59. The molecule has 6 atom stereocenters. The van der Waals surface area contributed by atoms with Crippen molar-refractivity contribution >= 4 is 27.7 Å². The molecular weight excluding hydrogens is 518 g/mol. The number of benzene rings is 1. The number of aliphatic carboxylic acids is 1. The lowest BCUT2D eigenvalue weighted by Gasteiger charge is -2.26. The van der Waals surface area contributed by atoms with Gasteiger partial charge in [-0.25, -0.2) is 13.2 Å². The molecule has 2 aliphatic rings. The monoisotopic (exact) mass is 555 g/mol. The van der Waals surface area contributed by atoms with Crippen molar-refractivity contribution in [3.8, 4) is 0 Å². The molecule has 0 aromatic heterocycles. The van der Waals surface area contributed by atoms with Crippen LogP contribution < -0.4 is 5.32 Å². The van der Waals surface area contributed by atoms with Gasteiger partial charge in [-0.2, -0.15) is 0 Å². The first-order chi connectivity index (χ1) is 17.8. The summed E-state index contributed by atoms with van der Waals surface area (Å²) in [6.45, 7) is 6.45. The highest BCUT2D eigenvalue weighted by Gasteiger charge is 2.57. The maximum Gasteiger partial charge on any atom is 0.326 e. The third-order valence-corrected chi connectivity index (χ3v) is 8.17. The number of sulfone groups is 1. The number of carbonyl (C=O) groups excluding carboxylic acids is 2. The fourth-order valence-electron chi connectivity index (χ4n) is 4.72. The Kier molecular flexibility index (Phi) is 9.91. The van der Waals surface area contributed by atoms with Gasteiger partial charge in [0.05, 0.1) is 17.4 Å². The molecule has 212 valence electrons. The Morgan fingerprint density at radius 2 is 1.84 bits per heavy atom. The number of carboxylic acid groups (broad SMARTS) is 1. The second kappa shape index (κ2) is 12.5. The molecule has 0 radical (unpaired) electrons. The van der Waals surface area contributed by atoms with Crippen LogP contribution in [0.1, 0.15) is 52.5 Å². The number of esters is 1. The fraction of sp³-hybridized carbons (Fsp3) is 0.654. The van der Waals surface area contributed by atoms with Gasteiger partial charge in [-0.3, -0.25) is 9.59 Å². The predicted molar refractivity (Wildman–Crippen MR) is 136 cm³/mol. The van der Waals surface area contributed by atoms with E-state index in [-0.39, 0.29) is 12.8 Å². The van der Waals surface area contributed by atoms with Crippen LogP contribution in [0.15, 0.2) is 30.3 Å². The molecule has 2 fully saturated rings. The van der Waals surface area contributed by atoms with Gasteiger partial charge in [0.15, 0.2) is 34.1 Å². The van der Waals surface area contributed by atoms with Gasteiger partial charge in [-0.15, -0.1) is 0 Å². The van der Waals surface area contributed by atoms with Crippen molar-refractivity contribution in [2.24, 2.45) is 5.92 Å². The summed E-state index contributed by atoms with van der Waals surface area (Å²) in [4.78, 5) is 36.6. The zero-order chi connectivity index (χ0) is 28.1. The van der Waals surface area contributed by atoms with Crippen LogP contribution in [0.25, 0.3) is 0 Å². The van der Waals surface area contributed by atoms with Crippen molar-refractivity contribution in [2.45, 2.75) is 89.8 Å². The van der Waals surface area contributed by atoms with Gasteiger partial charge in [0.25, 0.3) is 0 Å². The van der Waals surface area contributed by atoms with E-state index in [1.54, 1.807) is 44.2 Å². The Bertz CT molecular complexity index is 1090. The standard InChI is InChI=1S/C26H37NO10S/c1-5-6-12-19(24(30)31)27-23(29)18(13-17-10-8-7-9-11-17)14-38(32,33)15-20-21(34-16(2)28)22-25(35-20)37-26(3,4)36-22/h7-11,18-22,25H,5-6,12-15H2,1-4H3,(H,27,29)(H,30,31)/t18-,19+,20-,21-,22-,25-/m1/s1. The highest BCUT2D eigenvalue weighted by atomic mass is 32.2. The van der Waals surface area contributed by atoms with Crippen LogP contribution in [0.3, 0.4) is 0 Å². The minimum atomic E-state index is -3.97. The minimum Gasteiger partial charge on any atom is -0.480 e. The van der Waals surface area contributed by atoms with Gasteiger partial charge in [0.2, 0.25) is 5.91 Å². The molecule has 2 N–H and O–H groups in total. The number of carboxylic acids is 1. The molecule has 0 unspecified atom stereocenters. The third-order valence-electron chi connectivity index (χ3n) is 6.42. The summed E-state index contributed by atoms with van der Waals surface area (Å²) in [5, 5.41) is 12.1. The first kappa shape index (κ1) is 30.0. The highest BCUT2D eigenvalue weighted by Crippen LogP contribution is 2.39. The average Bonchev–Trinajstić information content (AvgIpc) is 3.27. The van der Waals surface area contributed by atoms with Crippen molar-refractivity contribution < 1.29 is 46.9 Å². The summed E-state index contributed by atoms with van der Waals surface area (Å²) in [6, 6.07) is 7.77. The van der Waals surface area contributed by atoms with Gasteiger partial charge in [0.1, 0.15) is 12.1 Å². The molecule has 11 nitrogen and oxygen atoms in total. The molecular formula is C26H37NO10S. The molecule has 2 heterocycles. The van der Waals surface area contributed by atoms with Gasteiger partial charge in [-0.1, -0.05) is 50.1 Å². The van der Waals surface area contributed by atoms with E-state index < -0.39 is 81.5 Å². The number of carbonyl (C=O) groups is 3. The summed E-state index contributed by atoms with van der Waals surface area (Å²) in [6.07, 6.45) is -2.11. The molecule has 0 saturated carbocycles. The van der Waals surface area contributed by atoms with Gasteiger partial charge in [0, 0.05) is 6.92 Å². The van der Waals surface area contributed by atoms with Crippen molar-refractivity contribution in [3.63, 3.8) is 0 Å². The Balaban J connectivity index is 1.77. The van der Waals surface area contributed by atoms with Crippen LogP contribution in [-0.2, 0) is 49.6 Å². The fourth-order valence-corrected chi connectivity index (χ4v) is 6.51. The van der Waals surface area contributed by atoms with E-state index >= 15 is 0 Å². The lowest BCUT2D eigenvalue weighted by Crippen LogP contribution is -2.46. The number of hydrogen-bond acceptors (Lipinski definition) is 9. The van der Waals surface area contributed by atoms with Crippen LogP contribution in [0, 0.1) is 5.92 Å². The molecule has 3 rings (SSSR count). The molecule has 2 saturated heterocycles. The van der Waals surface area contributed by atoms with E-state index in [4.69, 9.17) is 18.9 Å². The Labute approximate surface area is 223 Å². The zero-order valence-electron chi connectivity index (χ0n) is 22.1. The number of ether oxygens (including phenoxy) is 4. The number of hydrogen-bond donors (Lipinski definition) is 2. The minimum absolute atomic E-state index is 0.0938. The van der Waals surface area contributed by atoms with E-state index in [1.165, 1.54) is 6.92 Å². The quantitative estimate of drug-likeness (QED) is 0.345. The van der Waals surface area contributed by atoms with Crippen molar-refractivity contribution in [2.75, 3.05) is 11.5 Å². The van der Waals surface area contributed by atoms with E-state index in [0.717, 1.165) is 12.0 Å². The van der Waals surface area contributed by atoms with Crippen molar-refractivity contribution in [3.05, 3.63) is 35.9 Å². The molecule has 1 amide bonds. The molecule has 0 aliphatic carbocycles. The Morgan fingerprint density at radius 3 is 2.45 bits per heavy atom. The van der Waals surface area contributed by atoms with Crippen molar-refractivity contribution in [1.29, 1.82) is 0 Å². The topological polar surface area (TPSA) is 155 Å². The molecule has 1 aromatic rings. The maximum atomic E-state index is 13.4. The number of unbranched alkanes of at least 4 members (excludes halogenated alkanes) is 1. The van der Waals surface area contributed by atoms with E-state index in [0.29, 0.717) is 6.42 Å². The molecule has 2 aliphatic heterocycles. The predicted octanol–water partition coefficient (Wildman–Crippen LogP) is 1.83. The third kappa shape index (κ3) is 8.23. The number of rotatable bonds is 13. The van der Waals surface area contributed by atoms with Crippen LogP contribution in [0.4, 0.5) is 0 Å². The summed E-state index contributed by atoms with van der Waals surface area (Å²) >= 11 is 0. The van der Waals surface area contributed by atoms with Gasteiger partial charge >= 0.3 is 11.9 Å². The summed E-state index contributed by atoms with van der Waals surface area (Å²) in [7, 11) is -3.97. The lowest BCUT2D eigenvalue weighted by atomic mass is 9.99. The van der Waals surface area contributed by atoms with Crippen LogP contribution in [-0.4, -0.2) is 79.3 Å². The number of nitrogens with one attached hydrogen (secondary N) is 1. The van der Waals surface area contributed by atoms with Gasteiger partial charge < -0.3 is 29.4 Å². The molecule has 0 bridgehead atoms. The Hall–Kier alpha value is -2.54. The van der Waals surface area contributed by atoms with Crippen LogP contribution >= 0.6 is 0 Å². The lowest BCUT2D eigenvalue weighted by molar-refractivity contribution is -0.215. The van der Waals surface area contributed by atoms with Crippen molar-refractivity contribution in [1.82, 2.24) is 5.32 Å². The average molecular weight is 556 g/mol. The highest BCUT2D eigenvalue weighted by molar-refractivity contribution is 7.91. The largest absolute Gasteiger partial charge is 0.480 e. The number of fused-ring (bicyclic) bond motifs is 1. The van der Waals surface area contributed by atoms with Crippen LogP contribution in [0.5, 0.6) is 0 Å². The zero-order valence-corrected chi connectivity index (χ0v) is 22.9. The second-order valence-electron chi connectivity index (χ2n) is 10.2. The summed E-state index contributed by atoms with van der Waals surface area (Å²) < 4.78 is 49.3. The van der Waals surface area contributed by atoms with Crippen LogP contribution in [0.2, 0.25) is 0 Å². The first-order valence-corrected chi connectivity index (χ1v) is 14.6. The Morgan fingerprint density at radius 1 is 1.16 bits per heavy atom. The number of amides is 1. The molecule has 0 spiro atoms. The second-order valence-corrected chi connectivity index (χ2v) is 12.4. The first-order valence-electron chi connectivity index (χ1n) is 12.8.